The van der Waals surface area contributed by atoms with Crippen molar-refractivity contribution in [3.05, 3.63) is 46.7 Å². The fourth-order valence-electron chi connectivity index (χ4n) is 1.71. The van der Waals surface area contributed by atoms with E-state index in [0.717, 1.165) is 4.90 Å². The van der Waals surface area contributed by atoms with Crippen LogP contribution in [0.15, 0.2) is 41.6 Å². The van der Waals surface area contributed by atoms with Gasteiger partial charge in [-0.3, -0.25) is 4.79 Å². The van der Waals surface area contributed by atoms with Crippen molar-refractivity contribution in [2.24, 2.45) is 0 Å². The molecule has 1 atom stereocenters. The van der Waals surface area contributed by atoms with Crippen LogP contribution >= 0.6 is 35.0 Å². The molecule has 0 bridgehead atoms. The van der Waals surface area contributed by atoms with Crippen LogP contribution in [-0.2, 0) is 4.79 Å². The molecule has 0 fully saturated rings. The number of nitrogens with one attached hydrogen (secondary N) is 2. The summed E-state index contributed by atoms with van der Waals surface area (Å²) in [6.07, 6.45) is 3.31. The van der Waals surface area contributed by atoms with E-state index in [9.17, 15) is 4.79 Å². The summed E-state index contributed by atoms with van der Waals surface area (Å²) in [5, 5.41) is 6.78. The summed E-state index contributed by atoms with van der Waals surface area (Å²) in [6.45, 7) is 2.85. The summed E-state index contributed by atoms with van der Waals surface area (Å²) in [4.78, 5) is 21.0. The van der Waals surface area contributed by atoms with Crippen LogP contribution in [-0.4, -0.2) is 34.2 Å². The fourth-order valence-corrected chi connectivity index (χ4v) is 3.14. The van der Waals surface area contributed by atoms with Gasteiger partial charge in [0.25, 0.3) is 0 Å². The van der Waals surface area contributed by atoms with E-state index in [1.54, 1.807) is 36.7 Å². The van der Waals surface area contributed by atoms with Crippen molar-refractivity contribution < 1.29 is 4.79 Å². The number of anilines is 1. The number of rotatable bonds is 7. The lowest BCUT2D eigenvalue weighted by molar-refractivity contribution is -0.120. The van der Waals surface area contributed by atoms with Crippen molar-refractivity contribution in [3.8, 4) is 0 Å². The molecule has 1 amide bonds. The second-order valence-electron chi connectivity index (χ2n) is 4.63. The van der Waals surface area contributed by atoms with Gasteiger partial charge in [0, 0.05) is 35.4 Å². The summed E-state index contributed by atoms with van der Waals surface area (Å²) in [5.74, 6) is 0.469. The van der Waals surface area contributed by atoms with Crippen LogP contribution < -0.4 is 10.6 Å². The minimum Gasteiger partial charge on any atom is -0.353 e. The molecule has 0 unspecified atom stereocenters. The number of carbonyl (C=O) groups is 1. The zero-order chi connectivity index (χ0) is 16.7. The quantitative estimate of drug-likeness (QED) is 0.576. The molecule has 1 aromatic heterocycles. The second-order valence-corrected chi connectivity index (χ2v) is 6.85. The van der Waals surface area contributed by atoms with Crippen molar-refractivity contribution in [3.63, 3.8) is 0 Å². The SMILES string of the molecule is C[C@H](Sc1cc(Cl)ccc1Cl)C(=O)NCCNc1ncccn1. The molecule has 122 valence electrons. The first-order valence-electron chi connectivity index (χ1n) is 6.96. The molecular formula is C15H16Cl2N4OS. The molecule has 2 aromatic rings. The van der Waals surface area contributed by atoms with E-state index >= 15 is 0 Å². The van der Waals surface area contributed by atoms with E-state index in [0.29, 0.717) is 29.1 Å². The highest BCUT2D eigenvalue weighted by Gasteiger charge is 2.15. The average molecular weight is 371 g/mol. The van der Waals surface area contributed by atoms with Crippen LogP contribution in [0.25, 0.3) is 0 Å². The number of benzene rings is 1. The third kappa shape index (κ3) is 5.89. The van der Waals surface area contributed by atoms with E-state index < -0.39 is 0 Å². The van der Waals surface area contributed by atoms with E-state index in [4.69, 9.17) is 23.2 Å². The van der Waals surface area contributed by atoms with Gasteiger partial charge in [0.2, 0.25) is 11.9 Å². The van der Waals surface area contributed by atoms with E-state index in [1.807, 2.05) is 6.92 Å². The molecule has 0 spiro atoms. The van der Waals surface area contributed by atoms with E-state index in [2.05, 4.69) is 20.6 Å². The number of halogens is 2. The van der Waals surface area contributed by atoms with Gasteiger partial charge in [-0.15, -0.1) is 11.8 Å². The van der Waals surface area contributed by atoms with Crippen LogP contribution in [0.2, 0.25) is 10.0 Å². The minimum atomic E-state index is -0.279. The van der Waals surface area contributed by atoms with E-state index in [-0.39, 0.29) is 11.2 Å². The summed E-state index contributed by atoms with van der Waals surface area (Å²) in [5.41, 5.74) is 0. The Morgan fingerprint density at radius 3 is 2.74 bits per heavy atom. The number of carbonyl (C=O) groups excluding carboxylic acids is 1. The number of aromatic nitrogens is 2. The molecule has 5 nitrogen and oxygen atoms in total. The second kappa shape index (κ2) is 8.96. The molecule has 0 aliphatic carbocycles. The molecule has 1 aromatic carbocycles. The number of thioether (sulfide) groups is 1. The number of nitrogens with zero attached hydrogens (tertiary/aromatic N) is 2. The lowest BCUT2D eigenvalue weighted by atomic mass is 10.4. The third-order valence-corrected chi connectivity index (χ3v) is 4.68. The molecule has 0 radical (unpaired) electrons. The summed E-state index contributed by atoms with van der Waals surface area (Å²) >= 11 is 13.4. The Hall–Kier alpha value is -1.50. The smallest absolute Gasteiger partial charge is 0.233 e. The van der Waals surface area contributed by atoms with Gasteiger partial charge in [-0.1, -0.05) is 23.2 Å². The molecular weight excluding hydrogens is 355 g/mol. The maximum absolute atomic E-state index is 12.1. The zero-order valence-corrected chi connectivity index (χ0v) is 14.8. The number of amides is 1. The van der Waals surface area contributed by atoms with Crippen LogP contribution in [0.4, 0.5) is 5.95 Å². The molecule has 2 rings (SSSR count). The van der Waals surface area contributed by atoms with Crippen molar-refractivity contribution in [2.75, 3.05) is 18.4 Å². The largest absolute Gasteiger partial charge is 0.353 e. The van der Waals surface area contributed by atoms with Crippen molar-refractivity contribution in [2.45, 2.75) is 17.1 Å². The fraction of sp³-hybridized carbons (Fsp3) is 0.267. The van der Waals surface area contributed by atoms with Crippen LogP contribution in [0, 0.1) is 0 Å². The van der Waals surface area contributed by atoms with Crippen LogP contribution in [0.3, 0.4) is 0 Å². The van der Waals surface area contributed by atoms with E-state index in [1.165, 1.54) is 11.8 Å². The van der Waals surface area contributed by atoms with Crippen molar-refractivity contribution in [1.29, 1.82) is 0 Å². The Balaban J connectivity index is 1.75. The van der Waals surface area contributed by atoms with Gasteiger partial charge >= 0.3 is 0 Å². The maximum atomic E-state index is 12.1. The lowest BCUT2D eigenvalue weighted by Gasteiger charge is -2.13. The first-order valence-corrected chi connectivity index (χ1v) is 8.60. The van der Waals surface area contributed by atoms with Gasteiger partial charge < -0.3 is 10.6 Å². The molecule has 0 saturated heterocycles. The van der Waals surface area contributed by atoms with Gasteiger partial charge in [-0.2, -0.15) is 0 Å². The van der Waals surface area contributed by atoms with Gasteiger partial charge in [0.1, 0.15) is 0 Å². The Bertz CT molecular complexity index is 657. The third-order valence-electron chi connectivity index (χ3n) is 2.84. The van der Waals surface area contributed by atoms with Gasteiger partial charge in [-0.25, -0.2) is 9.97 Å². The van der Waals surface area contributed by atoms with Gasteiger partial charge in [-0.05, 0) is 31.2 Å². The molecule has 2 N–H and O–H groups in total. The predicted molar refractivity (Wildman–Crippen MR) is 95.3 cm³/mol. The summed E-state index contributed by atoms with van der Waals surface area (Å²) < 4.78 is 0. The molecule has 8 heteroatoms. The Morgan fingerprint density at radius 2 is 2.00 bits per heavy atom. The van der Waals surface area contributed by atoms with Crippen molar-refractivity contribution >= 4 is 46.8 Å². The minimum absolute atomic E-state index is 0.0678. The van der Waals surface area contributed by atoms with Crippen molar-refractivity contribution in [1.82, 2.24) is 15.3 Å². The molecule has 23 heavy (non-hydrogen) atoms. The average Bonchev–Trinajstić information content (AvgIpc) is 2.55. The number of hydrogen-bond donors (Lipinski definition) is 2. The first kappa shape index (κ1) is 17.8. The highest BCUT2D eigenvalue weighted by atomic mass is 35.5. The van der Waals surface area contributed by atoms with Crippen LogP contribution in [0.1, 0.15) is 6.92 Å². The monoisotopic (exact) mass is 370 g/mol. The highest BCUT2D eigenvalue weighted by Crippen LogP contribution is 2.32. The summed E-state index contributed by atoms with van der Waals surface area (Å²) in [7, 11) is 0. The topological polar surface area (TPSA) is 66.9 Å². The van der Waals surface area contributed by atoms with Gasteiger partial charge in [0.15, 0.2) is 0 Å². The van der Waals surface area contributed by atoms with Gasteiger partial charge in [0.05, 0.1) is 10.3 Å². The number of hydrogen-bond acceptors (Lipinski definition) is 5. The standard InChI is InChI=1S/C15H16Cl2N4OS/c1-10(23-13-9-11(16)3-4-12(13)17)14(22)18-7-8-21-15-19-5-2-6-20-15/h2-6,9-10H,7-8H2,1H3,(H,18,22)(H,19,20,21)/t10-/m0/s1. The zero-order valence-electron chi connectivity index (χ0n) is 12.4. The molecule has 0 aliphatic rings. The Kier molecular flexibility index (Phi) is 6.95. The molecule has 0 saturated carbocycles. The highest BCUT2D eigenvalue weighted by molar-refractivity contribution is 8.00. The Morgan fingerprint density at radius 1 is 1.26 bits per heavy atom. The normalized spacial score (nSPS) is 11.8. The maximum Gasteiger partial charge on any atom is 0.233 e. The summed E-state index contributed by atoms with van der Waals surface area (Å²) in [6, 6.07) is 6.94. The first-order chi connectivity index (χ1) is 11.1. The Labute approximate surface area is 149 Å². The predicted octanol–water partition coefficient (Wildman–Crippen LogP) is 3.49. The van der Waals surface area contributed by atoms with Crippen LogP contribution in [0.5, 0.6) is 0 Å². The lowest BCUT2D eigenvalue weighted by Crippen LogP contribution is -2.34. The molecule has 0 aliphatic heterocycles. The molecule has 1 heterocycles.